The number of benzene rings is 1. The van der Waals surface area contributed by atoms with Crippen molar-refractivity contribution in [1.82, 2.24) is 5.32 Å². The van der Waals surface area contributed by atoms with E-state index in [9.17, 15) is 9.59 Å². The summed E-state index contributed by atoms with van der Waals surface area (Å²) in [6.45, 7) is 3.95. The lowest BCUT2D eigenvalue weighted by molar-refractivity contribution is -0.119. The van der Waals surface area contributed by atoms with Gasteiger partial charge in [-0.2, -0.15) is 0 Å². The molecule has 0 radical (unpaired) electrons. The van der Waals surface area contributed by atoms with Crippen LogP contribution in [0.15, 0.2) is 24.3 Å². The molecule has 1 saturated heterocycles. The molecule has 3 N–H and O–H groups in total. The minimum absolute atomic E-state index is 0.0554. The molecule has 0 bridgehead atoms. The monoisotopic (exact) mass is 291 g/mol. The SMILES string of the molecule is CCC(=O)Nc1cccc(NC(=O)CC2CNCCO2)c1. The van der Waals surface area contributed by atoms with Gasteiger partial charge in [-0.25, -0.2) is 0 Å². The van der Waals surface area contributed by atoms with Crippen molar-refractivity contribution in [3.8, 4) is 0 Å². The van der Waals surface area contributed by atoms with Gasteiger partial charge < -0.3 is 20.7 Å². The van der Waals surface area contributed by atoms with Gasteiger partial charge in [-0.3, -0.25) is 9.59 Å². The van der Waals surface area contributed by atoms with Crippen molar-refractivity contribution in [1.29, 1.82) is 0 Å². The molecule has 2 amide bonds. The van der Waals surface area contributed by atoms with Crippen LogP contribution in [0.25, 0.3) is 0 Å². The number of carbonyl (C=O) groups excluding carboxylic acids is 2. The lowest BCUT2D eigenvalue weighted by Crippen LogP contribution is -2.40. The van der Waals surface area contributed by atoms with Crippen molar-refractivity contribution in [2.75, 3.05) is 30.3 Å². The molecule has 1 aromatic carbocycles. The number of carbonyl (C=O) groups is 2. The zero-order chi connectivity index (χ0) is 15.1. The van der Waals surface area contributed by atoms with Crippen molar-refractivity contribution in [3.05, 3.63) is 24.3 Å². The van der Waals surface area contributed by atoms with Crippen molar-refractivity contribution in [2.45, 2.75) is 25.9 Å². The molecule has 6 nitrogen and oxygen atoms in total. The molecule has 1 aromatic rings. The predicted molar refractivity (Wildman–Crippen MR) is 81.2 cm³/mol. The normalized spacial score (nSPS) is 18.0. The summed E-state index contributed by atoms with van der Waals surface area (Å²) in [4.78, 5) is 23.3. The Bertz CT molecular complexity index is 499. The fourth-order valence-corrected chi connectivity index (χ4v) is 2.09. The predicted octanol–water partition coefficient (Wildman–Crippen LogP) is 1.35. The van der Waals surface area contributed by atoms with E-state index in [2.05, 4.69) is 16.0 Å². The number of hydrogen-bond acceptors (Lipinski definition) is 4. The highest BCUT2D eigenvalue weighted by atomic mass is 16.5. The van der Waals surface area contributed by atoms with Crippen molar-refractivity contribution < 1.29 is 14.3 Å². The summed E-state index contributed by atoms with van der Waals surface area (Å²) < 4.78 is 5.50. The van der Waals surface area contributed by atoms with E-state index >= 15 is 0 Å². The summed E-state index contributed by atoms with van der Waals surface area (Å²) in [5.41, 5.74) is 1.34. The highest BCUT2D eigenvalue weighted by molar-refractivity contribution is 5.94. The van der Waals surface area contributed by atoms with Crippen LogP contribution in [-0.4, -0.2) is 37.6 Å². The van der Waals surface area contributed by atoms with Gasteiger partial charge in [0.2, 0.25) is 11.8 Å². The van der Waals surface area contributed by atoms with Crippen LogP contribution < -0.4 is 16.0 Å². The molecule has 0 spiro atoms. The van der Waals surface area contributed by atoms with Crippen LogP contribution in [0.2, 0.25) is 0 Å². The van der Waals surface area contributed by atoms with Gasteiger partial charge in [0, 0.05) is 30.9 Å². The minimum Gasteiger partial charge on any atom is -0.375 e. The van der Waals surface area contributed by atoms with Crippen LogP contribution in [0.3, 0.4) is 0 Å². The molecule has 2 rings (SSSR count). The Morgan fingerprint density at radius 1 is 1.29 bits per heavy atom. The zero-order valence-corrected chi connectivity index (χ0v) is 12.1. The number of amides is 2. The zero-order valence-electron chi connectivity index (χ0n) is 12.1. The van der Waals surface area contributed by atoms with Crippen LogP contribution in [0.1, 0.15) is 19.8 Å². The van der Waals surface area contributed by atoms with E-state index in [0.29, 0.717) is 37.4 Å². The Balaban J connectivity index is 1.87. The molecule has 1 atom stereocenters. The van der Waals surface area contributed by atoms with E-state index in [1.165, 1.54) is 0 Å². The highest BCUT2D eigenvalue weighted by Gasteiger charge is 2.17. The van der Waals surface area contributed by atoms with Gasteiger partial charge in [-0.1, -0.05) is 13.0 Å². The maximum absolute atomic E-state index is 12.0. The summed E-state index contributed by atoms with van der Waals surface area (Å²) in [5.74, 6) is -0.150. The Morgan fingerprint density at radius 2 is 2.00 bits per heavy atom. The Kier molecular flexibility index (Phi) is 5.71. The molecule has 0 saturated carbocycles. The molecule has 6 heteroatoms. The topological polar surface area (TPSA) is 79.5 Å². The number of rotatable bonds is 5. The molecular formula is C15H21N3O3. The first-order valence-electron chi connectivity index (χ1n) is 7.19. The molecule has 21 heavy (non-hydrogen) atoms. The molecule has 0 aliphatic carbocycles. The lowest BCUT2D eigenvalue weighted by atomic mass is 10.2. The number of ether oxygens (including phenoxy) is 1. The van der Waals surface area contributed by atoms with Crippen LogP contribution >= 0.6 is 0 Å². The fourth-order valence-electron chi connectivity index (χ4n) is 2.09. The van der Waals surface area contributed by atoms with E-state index in [1.807, 2.05) is 0 Å². The smallest absolute Gasteiger partial charge is 0.227 e. The third kappa shape index (κ3) is 5.17. The average molecular weight is 291 g/mol. The van der Waals surface area contributed by atoms with Crippen molar-refractivity contribution in [3.63, 3.8) is 0 Å². The second-order valence-corrected chi connectivity index (χ2v) is 4.93. The first-order valence-corrected chi connectivity index (χ1v) is 7.19. The van der Waals surface area contributed by atoms with Gasteiger partial charge >= 0.3 is 0 Å². The Labute approximate surface area is 124 Å². The summed E-state index contributed by atoms with van der Waals surface area (Å²) >= 11 is 0. The van der Waals surface area contributed by atoms with E-state index in [4.69, 9.17) is 4.74 Å². The molecule has 1 aliphatic heterocycles. The maximum atomic E-state index is 12.0. The van der Waals surface area contributed by atoms with Crippen molar-refractivity contribution >= 4 is 23.2 Å². The number of anilines is 2. The van der Waals surface area contributed by atoms with E-state index in [1.54, 1.807) is 31.2 Å². The first-order chi connectivity index (χ1) is 10.2. The summed E-state index contributed by atoms with van der Waals surface area (Å²) in [6, 6.07) is 7.11. The Hall–Kier alpha value is -1.92. The molecule has 0 aromatic heterocycles. The molecule has 1 unspecified atom stereocenters. The van der Waals surface area contributed by atoms with Gasteiger partial charge in [-0.05, 0) is 18.2 Å². The van der Waals surface area contributed by atoms with Crippen LogP contribution in [0.4, 0.5) is 11.4 Å². The van der Waals surface area contributed by atoms with Crippen molar-refractivity contribution in [2.24, 2.45) is 0 Å². The van der Waals surface area contributed by atoms with Crippen LogP contribution in [0.5, 0.6) is 0 Å². The van der Waals surface area contributed by atoms with E-state index in [-0.39, 0.29) is 17.9 Å². The fraction of sp³-hybridized carbons (Fsp3) is 0.467. The van der Waals surface area contributed by atoms with Gasteiger partial charge in [0.15, 0.2) is 0 Å². The molecule has 1 heterocycles. The number of morpholine rings is 1. The summed E-state index contributed by atoms with van der Waals surface area (Å²) in [6.07, 6.45) is 0.656. The second-order valence-electron chi connectivity index (χ2n) is 4.93. The maximum Gasteiger partial charge on any atom is 0.227 e. The van der Waals surface area contributed by atoms with Gasteiger partial charge in [0.05, 0.1) is 19.1 Å². The van der Waals surface area contributed by atoms with Crippen LogP contribution in [-0.2, 0) is 14.3 Å². The lowest BCUT2D eigenvalue weighted by Gasteiger charge is -2.23. The second kappa shape index (κ2) is 7.75. The minimum atomic E-state index is -0.0948. The standard InChI is InChI=1S/C15H21N3O3/c1-2-14(19)17-11-4-3-5-12(8-11)18-15(20)9-13-10-16-6-7-21-13/h3-5,8,13,16H,2,6-7,9-10H2,1H3,(H,17,19)(H,18,20). The average Bonchev–Trinajstić information content (AvgIpc) is 2.48. The summed E-state index contributed by atoms with van der Waals surface area (Å²) in [5, 5.41) is 8.77. The van der Waals surface area contributed by atoms with E-state index < -0.39 is 0 Å². The van der Waals surface area contributed by atoms with Gasteiger partial charge in [0.1, 0.15) is 0 Å². The van der Waals surface area contributed by atoms with Gasteiger partial charge in [-0.15, -0.1) is 0 Å². The largest absolute Gasteiger partial charge is 0.375 e. The molecule has 114 valence electrons. The Morgan fingerprint density at radius 3 is 2.62 bits per heavy atom. The van der Waals surface area contributed by atoms with Crippen LogP contribution in [0, 0.1) is 0 Å². The quantitative estimate of drug-likeness (QED) is 0.765. The number of nitrogens with one attached hydrogen (secondary N) is 3. The van der Waals surface area contributed by atoms with E-state index in [0.717, 1.165) is 6.54 Å². The summed E-state index contributed by atoms with van der Waals surface area (Å²) in [7, 11) is 0. The molecular weight excluding hydrogens is 270 g/mol. The van der Waals surface area contributed by atoms with Gasteiger partial charge in [0.25, 0.3) is 0 Å². The third-order valence-electron chi connectivity index (χ3n) is 3.17. The molecule has 1 fully saturated rings. The highest BCUT2D eigenvalue weighted by Crippen LogP contribution is 2.16. The molecule has 1 aliphatic rings. The number of hydrogen-bond donors (Lipinski definition) is 3. The third-order valence-corrected chi connectivity index (χ3v) is 3.17. The first kappa shape index (κ1) is 15.5.